The molecular weight excluding hydrogens is 294 g/mol. The van der Waals surface area contributed by atoms with Crippen LogP contribution in [-0.2, 0) is 23.2 Å². The third-order valence-corrected chi connectivity index (χ3v) is 3.25. The molecule has 0 unspecified atom stereocenters. The topological polar surface area (TPSA) is 80.1 Å². The molecule has 23 heavy (non-hydrogen) atoms. The fourth-order valence-electron chi connectivity index (χ4n) is 2.14. The summed E-state index contributed by atoms with van der Waals surface area (Å²) in [5.41, 5.74) is 2.88. The highest BCUT2D eigenvalue weighted by molar-refractivity contribution is 6.01. The molecule has 7 heteroatoms. The van der Waals surface area contributed by atoms with E-state index in [1.807, 2.05) is 19.1 Å². The molecule has 1 aromatic heterocycles. The van der Waals surface area contributed by atoms with Crippen molar-refractivity contribution in [2.24, 2.45) is 7.05 Å². The van der Waals surface area contributed by atoms with Gasteiger partial charge in [-0.3, -0.25) is 14.3 Å². The predicted octanol–water partition coefficient (Wildman–Crippen LogP) is 1.80. The first-order chi connectivity index (χ1) is 10.9. The van der Waals surface area contributed by atoms with Crippen LogP contribution in [0.2, 0.25) is 0 Å². The highest BCUT2D eigenvalue weighted by Gasteiger charge is 2.16. The smallest absolute Gasteiger partial charge is 0.250 e. The van der Waals surface area contributed by atoms with Crippen molar-refractivity contribution in [3.05, 3.63) is 48.3 Å². The lowest BCUT2D eigenvalue weighted by Gasteiger charge is -2.21. The summed E-state index contributed by atoms with van der Waals surface area (Å²) in [6, 6.07) is 5.42. The summed E-state index contributed by atoms with van der Waals surface area (Å²) in [6.07, 6.45) is 2.99. The Morgan fingerprint density at radius 2 is 2.17 bits per heavy atom. The van der Waals surface area contributed by atoms with Gasteiger partial charge in [0.25, 0.3) is 5.91 Å². The van der Waals surface area contributed by atoms with Crippen molar-refractivity contribution in [1.29, 1.82) is 0 Å². The fraction of sp³-hybridized carbons (Fsp3) is 0.250. The van der Waals surface area contributed by atoms with Gasteiger partial charge in [-0.05, 0) is 30.7 Å². The molecule has 1 aromatic carbocycles. The van der Waals surface area contributed by atoms with Gasteiger partial charge in [-0.25, -0.2) is 0 Å². The standard InChI is InChI=1S/C16H19N5O2/c1-5-16(23)21(10-13-9-20(4)19-18-13)14-7-6-11(2)15(8-14)17-12(3)22/h5-9H,1,10H2,2-4H3,(H,17,22). The van der Waals surface area contributed by atoms with Crippen LogP contribution in [0.15, 0.2) is 37.1 Å². The number of anilines is 2. The van der Waals surface area contributed by atoms with Gasteiger partial charge in [-0.15, -0.1) is 5.10 Å². The Kier molecular flexibility index (Phi) is 4.90. The van der Waals surface area contributed by atoms with Gasteiger partial charge in [0, 0.05) is 31.5 Å². The van der Waals surface area contributed by atoms with Gasteiger partial charge in [0.15, 0.2) is 0 Å². The number of hydrogen-bond donors (Lipinski definition) is 1. The predicted molar refractivity (Wildman–Crippen MR) is 87.9 cm³/mol. The molecule has 0 radical (unpaired) electrons. The van der Waals surface area contributed by atoms with E-state index in [9.17, 15) is 9.59 Å². The molecular formula is C16H19N5O2. The molecule has 0 aliphatic rings. The van der Waals surface area contributed by atoms with E-state index in [1.54, 1.807) is 24.0 Å². The van der Waals surface area contributed by atoms with Crippen LogP contribution in [-0.4, -0.2) is 26.8 Å². The van der Waals surface area contributed by atoms with E-state index in [4.69, 9.17) is 0 Å². The molecule has 1 N–H and O–H groups in total. The first kappa shape index (κ1) is 16.4. The van der Waals surface area contributed by atoms with Gasteiger partial charge >= 0.3 is 0 Å². The van der Waals surface area contributed by atoms with Crippen LogP contribution in [0.4, 0.5) is 11.4 Å². The Morgan fingerprint density at radius 1 is 1.43 bits per heavy atom. The molecule has 0 aliphatic heterocycles. The molecule has 0 fully saturated rings. The average Bonchev–Trinajstić information content (AvgIpc) is 2.91. The van der Waals surface area contributed by atoms with Crippen molar-refractivity contribution in [3.63, 3.8) is 0 Å². The molecule has 1 heterocycles. The van der Waals surface area contributed by atoms with Crippen molar-refractivity contribution in [2.45, 2.75) is 20.4 Å². The molecule has 120 valence electrons. The molecule has 2 amide bonds. The zero-order valence-corrected chi connectivity index (χ0v) is 13.4. The molecule has 2 rings (SSSR count). The van der Waals surface area contributed by atoms with Crippen LogP contribution in [0.3, 0.4) is 0 Å². The van der Waals surface area contributed by atoms with E-state index in [0.29, 0.717) is 17.1 Å². The molecule has 0 saturated heterocycles. The van der Waals surface area contributed by atoms with Gasteiger partial charge in [-0.1, -0.05) is 17.9 Å². The second-order valence-electron chi connectivity index (χ2n) is 5.19. The summed E-state index contributed by atoms with van der Waals surface area (Å²) < 4.78 is 1.57. The third kappa shape index (κ3) is 4.03. The average molecular weight is 313 g/mol. The Bertz CT molecular complexity index is 751. The lowest BCUT2D eigenvalue weighted by molar-refractivity contribution is -0.115. The van der Waals surface area contributed by atoms with E-state index in [0.717, 1.165) is 5.56 Å². The first-order valence-corrected chi connectivity index (χ1v) is 7.08. The quantitative estimate of drug-likeness (QED) is 0.854. The monoisotopic (exact) mass is 313 g/mol. The highest BCUT2D eigenvalue weighted by Crippen LogP contribution is 2.25. The number of carbonyl (C=O) groups is 2. The highest BCUT2D eigenvalue weighted by atomic mass is 16.2. The normalized spacial score (nSPS) is 10.2. The van der Waals surface area contributed by atoms with E-state index in [2.05, 4.69) is 22.2 Å². The Labute approximate surface area is 134 Å². The number of nitrogens with one attached hydrogen (secondary N) is 1. The molecule has 0 atom stereocenters. The second kappa shape index (κ2) is 6.87. The number of nitrogens with zero attached hydrogens (tertiary/aromatic N) is 4. The van der Waals surface area contributed by atoms with Crippen LogP contribution >= 0.6 is 0 Å². The summed E-state index contributed by atoms with van der Waals surface area (Å²) in [7, 11) is 1.76. The zero-order valence-electron chi connectivity index (χ0n) is 13.4. The number of benzene rings is 1. The maximum atomic E-state index is 12.2. The van der Waals surface area contributed by atoms with Crippen molar-refractivity contribution >= 4 is 23.2 Å². The van der Waals surface area contributed by atoms with Gasteiger partial charge in [0.05, 0.1) is 6.54 Å². The molecule has 0 spiro atoms. The second-order valence-corrected chi connectivity index (χ2v) is 5.19. The lowest BCUT2D eigenvalue weighted by Crippen LogP contribution is -2.29. The molecule has 7 nitrogen and oxygen atoms in total. The molecule has 0 bridgehead atoms. The molecule has 0 saturated carbocycles. The van der Waals surface area contributed by atoms with E-state index >= 15 is 0 Å². The lowest BCUT2D eigenvalue weighted by atomic mass is 10.1. The number of carbonyl (C=O) groups excluding carboxylic acids is 2. The van der Waals surface area contributed by atoms with Gasteiger partial charge < -0.3 is 10.2 Å². The summed E-state index contributed by atoms with van der Waals surface area (Å²) in [4.78, 5) is 25.0. The summed E-state index contributed by atoms with van der Waals surface area (Å²) >= 11 is 0. The van der Waals surface area contributed by atoms with Crippen LogP contribution in [0, 0.1) is 6.92 Å². The Hall–Kier alpha value is -2.96. The number of rotatable bonds is 5. The van der Waals surface area contributed by atoms with Crippen molar-refractivity contribution < 1.29 is 9.59 Å². The fourth-order valence-corrected chi connectivity index (χ4v) is 2.14. The minimum absolute atomic E-state index is 0.166. The molecule has 2 aromatic rings. The largest absolute Gasteiger partial charge is 0.326 e. The SMILES string of the molecule is C=CC(=O)N(Cc1cn(C)nn1)c1ccc(C)c(NC(C)=O)c1. The van der Waals surface area contributed by atoms with Crippen LogP contribution in [0.25, 0.3) is 0 Å². The van der Waals surface area contributed by atoms with Crippen LogP contribution < -0.4 is 10.2 Å². The summed E-state index contributed by atoms with van der Waals surface area (Å²) in [6.45, 7) is 7.13. The van der Waals surface area contributed by atoms with Crippen LogP contribution in [0.5, 0.6) is 0 Å². The van der Waals surface area contributed by atoms with Crippen LogP contribution in [0.1, 0.15) is 18.2 Å². The first-order valence-electron chi connectivity index (χ1n) is 7.08. The van der Waals surface area contributed by atoms with Crippen molar-refractivity contribution in [2.75, 3.05) is 10.2 Å². The van der Waals surface area contributed by atoms with Crippen molar-refractivity contribution in [3.8, 4) is 0 Å². The third-order valence-electron chi connectivity index (χ3n) is 3.25. The molecule has 0 aliphatic carbocycles. The van der Waals surface area contributed by atoms with E-state index < -0.39 is 0 Å². The number of amides is 2. The number of aryl methyl sites for hydroxylation is 2. The maximum Gasteiger partial charge on any atom is 0.250 e. The maximum absolute atomic E-state index is 12.2. The van der Waals surface area contributed by atoms with Gasteiger partial charge in [0.1, 0.15) is 5.69 Å². The van der Waals surface area contributed by atoms with Gasteiger partial charge in [-0.2, -0.15) is 0 Å². The Morgan fingerprint density at radius 3 is 2.74 bits per heavy atom. The van der Waals surface area contributed by atoms with Gasteiger partial charge in [0.2, 0.25) is 5.91 Å². The van der Waals surface area contributed by atoms with E-state index in [-0.39, 0.29) is 18.4 Å². The number of hydrogen-bond acceptors (Lipinski definition) is 4. The van der Waals surface area contributed by atoms with E-state index in [1.165, 1.54) is 17.9 Å². The summed E-state index contributed by atoms with van der Waals surface area (Å²) in [5.74, 6) is -0.422. The van der Waals surface area contributed by atoms with Crippen molar-refractivity contribution in [1.82, 2.24) is 15.0 Å². The minimum atomic E-state index is -0.256. The Balaban J connectivity index is 2.37. The zero-order chi connectivity index (χ0) is 17.0. The minimum Gasteiger partial charge on any atom is -0.326 e. The summed E-state index contributed by atoms with van der Waals surface area (Å²) in [5, 5.41) is 10.6. The number of aromatic nitrogens is 3.